The molecule has 4 atom stereocenters. The molecular formula is C12H15N5O6. The lowest BCUT2D eigenvalue weighted by Gasteiger charge is -2.16. The van der Waals surface area contributed by atoms with Gasteiger partial charge in [-0.1, -0.05) is 0 Å². The molecule has 11 heteroatoms. The number of aromatic nitrogens is 4. The van der Waals surface area contributed by atoms with Gasteiger partial charge < -0.3 is 30.5 Å². The molecule has 0 bridgehead atoms. The average Bonchev–Trinajstić information content (AvgIpc) is 3.08. The van der Waals surface area contributed by atoms with Crippen molar-refractivity contribution < 1.29 is 30.0 Å². The molecule has 0 aromatic carbocycles. The Bertz CT molecular complexity index is 721. The Labute approximate surface area is 129 Å². The lowest BCUT2D eigenvalue weighted by atomic mass is 10.1. The number of aliphatic hydroxyl groups excluding tert-OH is 3. The summed E-state index contributed by atoms with van der Waals surface area (Å²) in [6.45, 7) is -0.783. The van der Waals surface area contributed by atoms with Crippen LogP contribution in [0.2, 0.25) is 0 Å². The van der Waals surface area contributed by atoms with Crippen LogP contribution in [0.1, 0.15) is 6.23 Å². The minimum Gasteiger partial charge on any atom is -0.480 e. The van der Waals surface area contributed by atoms with Crippen LogP contribution in [0.15, 0.2) is 12.7 Å². The summed E-state index contributed by atoms with van der Waals surface area (Å²) in [6.07, 6.45) is -1.85. The summed E-state index contributed by atoms with van der Waals surface area (Å²) in [7, 11) is 0. The normalized spacial score (nSPS) is 27.4. The summed E-state index contributed by atoms with van der Waals surface area (Å²) >= 11 is 0. The summed E-state index contributed by atoms with van der Waals surface area (Å²) in [5.74, 6) is -0.831. The average molecular weight is 325 g/mol. The van der Waals surface area contributed by atoms with Crippen molar-refractivity contribution in [2.24, 2.45) is 0 Å². The number of carbonyl (C=O) groups is 1. The minimum atomic E-state index is -1.27. The summed E-state index contributed by atoms with van der Waals surface area (Å²) in [5, 5.41) is 40.3. The summed E-state index contributed by atoms with van der Waals surface area (Å²) < 4.78 is 6.82. The van der Waals surface area contributed by atoms with Crippen LogP contribution < -0.4 is 5.32 Å². The predicted octanol–water partition coefficient (Wildman–Crippen LogP) is -2.07. The molecule has 124 valence electrons. The molecule has 2 aromatic heterocycles. The second-order valence-electron chi connectivity index (χ2n) is 5.02. The van der Waals surface area contributed by atoms with Crippen LogP contribution in [0, 0.1) is 0 Å². The zero-order chi connectivity index (χ0) is 16.6. The first-order chi connectivity index (χ1) is 11.0. The maximum atomic E-state index is 10.6. The zero-order valence-electron chi connectivity index (χ0n) is 11.8. The van der Waals surface area contributed by atoms with Gasteiger partial charge in [-0.05, 0) is 0 Å². The van der Waals surface area contributed by atoms with E-state index in [1.165, 1.54) is 17.2 Å². The van der Waals surface area contributed by atoms with Crippen LogP contribution in [0.3, 0.4) is 0 Å². The Morgan fingerprint density at radius 1 is 1.30 bits per heavy atom. The summed E-state index contributed by atoms with van der Waals surface area (Å²) in [4.78, 5) is 22.7. The van der Waals surface area contributed by atoms with Gasteiger partial charge in [-0.3, -0.25) is 9.36 Å². The molecule has 1 aliphatic rings. The minimum absolute atomic E-state index is 0.225. The molecule has 0 amide bonds. The molecule has 0 aliphatic carbocycles. The van der Waals surface area contributed by atoms with Gasteiger partial charge in [0.05, 0.1) is 12.9 Å². The third kappa shape index (κ3) is 2.70. The number of carboxylic acid groups (broad SMARTS) is 1. The van der Waals surface area contributed by atoms with Crippen molar-refractivity contribution in [3.05, 3.63) is 12.7 Å². The van der Waals surface area contributed by atoms with Crippen molar-refractivity contribution in [1.82, 2.24) is 19.5 Å². The van der Waals surface area contributed by atoms with Gasteiger partial charge in [0.25, 0.3) is 0 Å². The highest BCUT2D eigenvalue weighted by Crippen LogP contribution is 2.31. The van der Waals surface area contributed by atoms with Crippen molar-refractivity contribution in [2.45, 2.75) is 24.5 Å². The number of nitrogens with zero attached hydrogens (tertiary/aromatic N) is 4. The van der Waals surface area contributed by atoms with Gasteiger partial charge in [-0.2, -0.15) is 0 Å². The van der Waals surface area contributed by atoms with Crippen molar-refractivity contribution in [1.29, 1.82) is 0 Å². The third-order valence-corrected chi connectivity index (χ3v) is 3.56. The smallest absolute Gasteiger partial charge is 0.322 e. The number of nitrogens with one attached hydrogen (secondary N) is 1. The lowest BCUT2D eigenvalue weighted by Crippen LogP contribution is -2.33. The van der Waals surface area contributed by atoms with Crippen LogP contribution >= 0.6 is 0 Å². The van der Waals surface area contributed by atoms with Crippen LogP contribution in [-0.4, -0.2) is 77.4 Å². The molecule has 11 nitrogen and oxygen atoms in total. The molecule has 3 rings (SSSR count). The number of aliphatic hydroxyl groups is 3. The summed E-state index contributed by atoms with van der Waals surface area (Å²) in [6, 6.07) is 0. The fraction of sp³-hybridized carbons (Fsp3) is 0.500. The quantitative estimate of drug-likeness (QED) is 0.413. The second kappa shape index (κ2) is 6.04. The third-order valence-electron chi connectivity index (χ3n) is 3.56. The van der Waals surface area contributed by atoms with Gasteiger partial charge in [0, 0.05) is 0 Å². The number of hydrogen-bond acceptors (Lipinski definition) is 9. The van der Waals surface area contributed by atoms with E-state index in [0.29, 0.717) is 11.2 Å². The Morgan fingerprint density at radius 3 is 2.74 bits per heavy atom. The highest BCUT2D eigenvalue weighted by atomic mass is 16.6. The predicted molar refractivity (Wildman–Crippen MR) is 74.5 cm³/mol. The number of hydrogen-bond donors (Lipinski definition) is 5. The number of aliphatic carboxylic acids is 1. The van der Waals surface area contributed by atoms with Crippen molar-refractivity contribution in [3.63, 3.8) is 0 Å². The molecule has 1 aliphatic heterocycles. The van der Waals surface area contributed by atoms with Gasteiger partial charge in [0.15, 0.2) is 23.2 Å². The molecule has 0 radical (unpaired) electrons. The molecule has 2 aromatic rings. The molecule has 1 fully saturated rings. The Kier molecular flexibility index (Phi) is 4.09. The van der Waals surface area contributed by atoms with Crippen LogP contribution in [0.5, 0.6) is 0 Å². The number of fused-ring (bicyclic) bond motifs is 1. The molecule has 0 saturated carbocycles. The van der Waals surface area contributed by atoms with Crippen molar-refractivity contribution in [3.8, 4) is 0 Å². The van der Waals surface area contributed by atoms with E-state index >= 15 is 0 Å². The van der Waals surface area contributed by atoms with E-state index in [2.05, 4.69) is 20.3 Å². The molecule has 3 heterocycles. The van der Waals surface area contributed by atoms with Gasteiger partial charge in [-0.15, -0.1) is 0 Å². The lowest BCUT2D eigenvalue weighted by molar-refractivity contribution is -0.134. The molecule has 1 saturated heterocycles. The molecule has 23 heavy (non-hydrogen) atoms. The van der Waals surface area contributed by atoms with Crippen LogP contribution in [-0.2, 0) is 9.53 Å². The van der Waals surface area contributed by atoms with Gasteiger partial charge in [0.1, 0.15) is 31.2 Å². The van der Waals surface area contributed by atoms with E-state index in [1.54, 1.807) is 0 Å². The molecule has 0 spiro atoms. The first kappa shape index (κ1) is 15.6. The fourth-order valence-electron chi connectivity index (χ4n) is 2.44. The van der Waals surface area contributed by atoms with Crippen LogP contribution in [0.25, 0.3) is 11.2 Å². The number of carboxylic acids is 1. The monoisotopic (exact) mass is 325 g/mol. The number of imidazole rings is 1. The molecule has 0 unspecified atom stereocenters. The Balaban J connectivity index is 1.94. The van der Waals surface area contributed by atoms with Gasteiger partial charge >= 0.3 is 5.97 Å². The van der Waals surface area contributed by atoms with Gasteiger partial charge in [0.2, 0.25) is 0 Å². The first-order valence-corrected chi connectivity index (χ1v) is 6.78. The van der Waals surface area contributed by atoms with E-state index < -0.39 is 37.1 Å². The van der Waals surface area contributed by atoms with Crippen LogP contribution in [0.4, 0.5) is 5.82 Å². The maximum absolute atomic E-state index is 10.6. The Morgan fingerprint density at radius 2 is 2.09 bits per heavy atom. The van der Waals surface area contributed by atoms with Crippen molar-refractivity contribution in [2.75, 3.05) is 18.5 Å². The van der Waals surface area contributed by atoms with Crippen molar-refractivity contribution >= 4 is 23.0 Å². The maximum Gasteiger partial charge on any atom is 0.322 e. The van der Waals surface area contributed by atoms with E-state index in [0.717, 1.165) is 0 Å². The topological polar surface area (TPSA) is 163 Å². The molecular weight excluding hydrogens is 310 g/mol. The number of ether oxygens (including phenoxy) is 1. The number of anilines is 1. The number of rotatable bonds is 5. The highest BCUT2D eigenvalue weighted by molar-refractivity contribution is 5.84. The zero-order valence-corrected chi connectivity index (χ0v) is 11.8. The van der Waals surface area contributed by atoms with E-state index in [4.69, 9.17) is 14.9 Å². The largest absolute Gasteiger partial charge is 0.480 e. The fourth-order valence-corrected chi connectivity index (χ4v) is 2.44. The second-order valence-corrected chi connectivity index (χ2v) is 5.02. The van der Waals surface area contributed by atoms with Gasteiger partial charge in [-0.25, -0.2) is 15.0 Å². The molecule has 5 N–H and O–H groups in total. The van der Waals surface area contributed by atoms with E-state index in [-0.39, 0.29) is 12.4 Å². The van der Waals surface area contributed by atoms with E-state index in [9.17, 15) is 15.0 Å². The first-order valence-electron chi connectivity index (χ1n) is 6.78. The Hall–Kier alpha value is -2.34. The summed E-state index contributed by atoms with van der Waals surface area (Å²) in [5.41, 5.74) is 0.592. The highest BCUT2D eigenvalue weighted by Gasteiger charge is 2.44. The van der Waals surface area contributed by atoms with E-state index in [1.807, 2.05) is 0 Å². The standard InChI is InChI=1S/C12H15N5O6/c18-2-5-8(21)9(22)12(23-5)17-4-16-7-10(13-1-6(19)20)14-3-15-11(7)17/h3-5,8-9,12,18,21-22H,1-2H2,(H,19,20)(H,13,14,15)/t5-,8-,9-,12-/m1/s1. The SMILES string of the molecule is O=C(O)CNc1ncnc2c1ncn2[C@@H]1O[C@H](CO)[C@@H](O)[C@H]1O.